The number of esters is 1. The number of carbonyl (C=O) groups excluding carboxylic acids is 3. The Bertz CT molecular complexity index is 764. The van der Waals surface area contributed by atoms with Crippen LogP contribution >= 0.6 is 22.7 Å². The lowest BCUT2D eigenvalue weighted by molar-refractivity contribution is -0.129. The number of amides is 1. The Morgan fingerprint density at radius 2 is 2.12 bits per heavy atom. The van der Waals surface area contributed by atoms with E-state index in [2.05, 4.69) is 5.32 Å². The number of nitrogens with one attached hydrogen (secondary N) is 1. The zero-order valence-electron chi connectivity index (χ0n) is 13.2. The quantitative estimate of drug-likeness (QED) is 0.830. The van der Waals surface area contributed by atoms with Gasteiger partial charge < -0.3 is 10.1 Å². The maximum absolute atomic E-state index is 12.7. The SMILES string of the molecule is CC(=O)Nc1scc(-c2cccs2)c1C(=O)OC1CCCCC1=O. The summed E-state index contributed by atoms with van der Waals surface area (Å²) in [7, 11) is 0. The Balaban J connectivity index is 1.91. The lowest BCUT2D eigenvalue weighted by atomic mass is 9.96. The zero-order chi connectivity index (χ0) is 17.1. The van der Waals surface area contributed by atoms with Crippen LogP contribution in [0.5, 0.6) is 0 Å². The number of rotatable bonds is 4. The van der Waals surface area contributed by atoms with Crippen molar-refractivity contribution in [2.24, 2.45) is 0 Å². The number of carbonyl (C=O) groups is 3. The topological polar surface area (TPSA) is 72.5 Å². The fourth-order valence-corrected chi connectivity index (χ4v) is 4.51. The molecule has 2 heterocycles. The van der Waals surface area contributed by atoms with Crippen LogP contribution in [0.3, 0.4) is 0 Å². The first-order valence-electron chi connectivity index (χ1n) is 7.73. The van der Waals surface area contributed by atoms with Gasteiger partial charge in [-0.15, -0.1) is 22.7 Å². The number of thiophene rings is 2. The minimum absolute atomic E-state index is 0.0245. The van der Waals surface area contributed by atoms with E-state index in [4.69, 9.17) is 4.74 Å². The molecule has 126 valence electrons. The molecule has 7 heteroatoms. The highest BCUT2D eigenvalue weighted by molar-refractivity contribution is 7.17. The van der Waals surface area contributed by atoms with Gasteiger partial charge in [0.1, 0.15) is 10.6 Å². The second-order valence-electron chi connectivity index (χ2n) is 5.62. The molecule has 3 rings (SSSR count). The molecule has 1 unspecified atom stereocenters. The van der Waals surface area contributed by atoms with E-state index in [-0.39, 0.29) is 11.7 Å². The Hall–Kier alpha value is -1.99. The molecule has 0 saturated heterocycles. The fraction of sp³-hybridized carbons (Fsp3) is 0.353. The lowest BCUT2D eigenvalue weighted by Crippen LogP contribution is -2.30. The summed E-state index contributed by atoms with van der Waals surface area (Å²) >= 11 is 2.79. The third-order valence-corrected chi connectivity index (χ3v) is 5.62. The van der Waals surface area contributed by atoms with Gasteiger partial charge in [0, 0.05) is 29.2 Å². The molecule has 1 fully saturated rings. The van der Waals surface area contributed by atoms with E-state index in [0.717, 1.165) is 23.3 Å². The summed E-state index contributed by atoms with van der Waals surface area (Å²) in [6.07, 6.45) is 2.08. The highest BCUT2D eigenvalue weighted by Gasteiger charge is 2.29. The van der Waals surface area contributed by atoms with Crippen molar-refractivity contribution < 1.29 is 19.1 Å². The Morgan fingerprint density at radius 3 is 2.79 bits per heavy atom. The maximum Gasteiger partial charge on any atom is 0.342 e. The van der Waals surface area contributed by atoms with Gasteiger partial charge in [-0.05, 0) is 30.7 Å². The summed E-state index contributed by atoms with van der Waals surface area (Å²) in [6.45, 7) is 1.39. The molecule has 0 spiro atoms. The van der Waals surface area contributed by atoms with Crippen LogP contribution in [0.2, 0.25) is 0 Å². The molecule has 24 heavy (non-hydrogen) atoms. The van der Waals surface area contributed by atoms with Crippen molar-refractivity contribution in [3.8, 4) is 10.4 Å². The van der Waals surface area contributed by atoms with Gasteiger partial charge in [-0.1, -0.05) is 6.07 Å². The summed E-state index contributed by atoms with van der Waals surface area (Å²) < 4.78 is 5.48. The first kappa shape index (κ1) is 16.9. The summed E-state index contributed by atoms with van der Waals surface area (Å²) in [5.74, 6) is -0.829. The van der Waals surface area contributed by atoms with Crippen molar-refractivity contribution in [2.75, 3.05) is 5.32 Å². The first-order valence-corrected chi connectivity index (χ1v) is 9.49. The second-order valence-corrected chi connectivity index (χ2v) is 7.45. The highest BCUT2D eigenvalue weighted by Crippen LogP contribution is 2.38. The van der Waals surface area contributed by atoms with Crippen molar-refractivity contribution in [2.45, 2.75) is 38.7 Å². The van der Waals surface area contributed by atoms with Crippen molar-refractivity contribution in [3.05, 3.63) is 28.5 Å². The molecule has 5 nitrogen and oxygen atoms in total. The Kier molecular flexibility index (Phi) is 5.11. The van der Waals surface area contributed by atoms with Crippen molar-refractivity contribution in [3.63, 3.8) is 0 Å². The van der Waals surface area contributed by atoms with E-state index < -0.39 is 12.1 Å². The standard InChI is InChI=1S/C17H17NO4S2/c1-10(19)18-16-15(11(9-24-16)14-7-4-8-23-14)17(21)22-13-6-3-2-5-12(13)20/h4,7-9,13H,2-3,5-6H2,1H3,(H,18,19). The maximum atomic E-state index is 12.7. The van der Waals surface area contributed by atoms with Crippen LogP contribution in [0.25, 0.3) is 10.4 Å². The number of ether oxygens (including phenoxy) is 1. The van der Waals surface area contributed by atoms with Gasteiger partial charge in [0.15, 0.2) is 11.9 Å². The van der Waals surface area contributed by atoms with E-state index in [0.29, 0.717) is 23.4 Å². The molecular weight excluding hydrogens is 346 g/mol. The predicted octanol–water partition coefficient (Wildman–Crippen LogP) is 4.10. The highest BCUT2D eigenvalue weighted by atomic mass is 32.1. The minimum atomic E-state index is -0.674. The minimum Gasteiger partial charge on any atom is -0.451 e. The summed E-state index contributed by atoms with van der Waals surface area (Å²) in [4.78, 5) is 37.0. The van der Waals surface area contributed by atoms with Crippen molar-refractivity contribution in [1.82, 2.24) is 0 Å². The first-order chi connectivity index (χ1) is 11.6. The summed E-state index contributed by atoms with van der Waals surface area (Å²) in [5.41, 5.74) is 1.06. The molecule has 1 atom stereocenters. The summed E-state index contributed by atoms with van der Waals surface area (Å²) in [6, 6.07) is 3.81. The second kappa shape index (κ2) is 7.27. The average molecular weight is 363 g/mol. The van der Waals surface area contributed by atoms with Crippen LogP contribution in [0.1, 0.15) is 43.0 Å². The molecule has 0 aromatic carbocycles. The largest absolute Gasteiger partial charge is 0.451 e. The number of ketones is 1. The average Bonchev–Trinajstić information content (AvgIpc) is 3.18. The molecule has 1 N–H and O–H groups in total. The van der Waals surface area contributed by atoms with Gasteiger partial charge in [-0.3, -0.25) is 9.59 Å². The molecule has 1 aliphatic rings. The molecule has 2 aromatic heterocycles. The molecule has 0 bridgehead atoms. The number of hydrogen-bond acceptors (Lipinski definition) is 6. The molecule has 2 aromatic rings. The molecule has 0 aliphatic heterocycles. The van der Waals surface area contributed by atoms with E-state index in [1.807, 2.05) is 22.9 Å². The van der Waals surface area contributed by atoms with E-state index in [9.17, 15) is 14.4 Å². The van der Waals surface area contributed by atoms with E-state index in [1.54, 1.807) is 0 Å². The van der Waals surface area contributed by atoms with Crippen LogP contribution < -0.4 is 5.32 Å². The Morgan fingerprint density at radius 1 is 1.29 bits per heavy atom. The van der Waals surface area contributed by atoms with Crippen LogP contribution in [0.4, 0.5) is 5.00 Å². The van der Waals surface area contributed by atoms with Crippen LogP contribution in [-0.2, 0) is 14.3 Å². The van der Waals surface area contributed by atoms with Gasteiger partial charge in [0.05, 0.1) is 0 Å². The third kappa shape index (κ3) is 3.57. The normalized spacial score (nSPS) is 17.5. The smallest absolute Gasteiger partial charge is 0.342 e. The molecular formula is C17H17NO4S2. The lowest BCUT2D eigenvalue weighted by Gasteiger charge is -2.21. The fourth-order valence-electron chi connectivity index (χ4n) is 2.69. The predicted molar refractivity (Wildman–Crippen MR) is 94.6 cm³/mol. The third-order valence-electron chi connectivity index (χ3n) is 3.82. The number of anilines is 1. The van der Waals surface area contributed by atoms with Gasteiger partial charge in [0.25, 0.3) is 0 Å². The van der Waals surface area contributed by atoms with Crippen molar-refractivity contribution in [1.29, 1.82) is 0 Å². The van der Waals surface area contributed by atoms with Gasteiger partial charge in [-0.2, -0.15) is 0 Å². The van der Waals surface area contributed by atoms with Crippen molar-refractivity contribution >= 4 is 45.3 Å². The van der Waals surface area contributed by atoms with Crippen LogP contribution in [0.15, 0.2) is 22.9 Å². The number of hydrogen-bond donors (Lipinski definition) is 1. The number of Topliss-reactive ketones (excluding diaryl/α,β-unsaturated/α-hetero) is 1. The molecule has 1 saturated carbocycles. The van der Waals surface area contributed by atoms with Crippen LogP contribution in [-0.4, -0.2) is 23.8 Å². The Labute approximate surface area is 147 Å². The van der Waals surface area contributed by atoms with Gasteiger partial charge >= 0.3 is 5.97 Å². The van der Waals surface area contributed by atoms with E-state index in [1.165, 1.54) is 29.6 Å². The monoisotopic (exact) mass is 363 g/mol. The summed E-state index contributed by atoms with van der Waals surface area (Å²) in [5, 5.41) is 6.89. The van der Waals surface area contributed by atoms with Gasteiger partial charge in [-0.25, -0.2) is 4.79 Å². The van der Waals surface area contributed by atoms with Gasteiger partial charge in [0.2, 0.25) is 5.91 Å². The van der Waals surface area contributed by atoms with Crippen LogP contribution in [0, 0.1) is 0 Å². The molecule has 0 radical (unpaired) electrons. The molecule has 1 amide bonds. The zero-order valence-corrected chi connectivity index (χ0v) is 14.8. The molecule has 1 aliphatic carbocycles. The van der Waals surface area contributed by atoms with E-state index >= 15 is 0 Å².